The molecule has 4 N–H and O–H groups in total. The molecule has 2 unspecified atom stereocenters. The van der Waals surface area contributed by atoms with Crippen LogP contribution in [0.1, 0.15) is 175 Å². The van der Waals surface area contributed by atoms with Crippen LogP contribution < -0.4 is 0 Å². The van der Waals surface area contributed by atoms with E-state index in [9.17, 15) is 25.2 Å². The first-order valence-electron chi connectivity index (χ1n) is 18.5. The molecular formula is C37H70O7. The van der Waals surface area contributed by atoms with Crippen LogP contribution in [0.2, 0.25) is 0 Å². The van der Waals surface area contributed by atoms with E-state index in [0.29, 0.717) is 31.3 Å². The Kier molecular flexibility index (Phi) is 24.4. The van der Waals surface area contributed by atoms with Gasteiger partial charge in [-0.25, -0.2) is 4.79 Å². The summed E-state index contributed by atoms with van der Waals surface area (Å²) in [5.74, 6) is -0.255. The van der Waals surface area contributed by atoms with Gasteiger partial charge in [0.05, 0.1) is 36.6 Å². The van der Waals surface area contributed by atoms with E-state index < -0.39 is 24.4 Å². The number of carbonyl (C=O) groups excluding carboxylic acids is 1. The number of ether oxygens (including phenoxy) is 2. The fraction of sp³-hybridized carbons (Fsp3) is 0.919. The predicted octanol–water partition coefficient (Wildman–Crippen LogP) is 8.09. The maximum absolute atomic E-state index is 11.5. The summed E-state index contributed by atoms with van der Waals surface area (Å²) in [5, 5.41) is 40.1. The molecule has 0 amide bonds. The van der Waals surface area contributed by atoms with Gasteiger partial charge < -0.3 is 29.9 Å². The van der Waals surface area contributed by atoms with Gasteiger partial charge in [0.1, 0.15) is 6.10 Å². The zero-order valence-corrected chi connectivity index (χ0v) is 28.9. The van der Waals surface area contributed by atoms with Crippen molar-refractivity contribution in [2.24, 2.45) is 0 Å². The lowest BCUT2D eigenvalue weighted by Gasteiger charge is -2.22. The highest BCUT2D eigenvalue weighted by molar-refractivity contribution is 5.90. The Labute approximate surface area is 270 Å². The molecule has 2 aliphatic rings. The number of cyclic esters (lactones) is 1. The van der Waals surface area contributed by atoms with E-state index in [1.807, 2.05) is 13.0 Å². The minimum atomic E-state index is -0.732. The minimum absolute atomic E-state index is 0.0941. The van der Waals surface area contributed by atoms with Gasteiger partial charge in [-0.05, 0) is 57.9 Å². The van der Waals surface area contributed by atoms with Crippen LogP contribution in [0.5, 0.6) is 0 Å². The Morgan fingerprint density at radius 2 is 1.23 bits per heavy atom. The molecule has 44 heavy (non-hydrogen) atoms. The molecule has 0 aromatic rings. The number of rotatable bonds is 25. The van der Waals surface area contributed by atoms with Crippen LogP contribution in [0.4, 0.5) is 0 Å². The Balaban J connectivity index is 0.000000440. The molecule has 0 aromatic heterocycles. The molecule has 260 valence electrons. The summed E-state index contributed by atoms with van der Waals surface area (Å²) >= 11 is 0. The normalized spacial score (nSPS) is 22.6. The van der Waals surface area contributed by atoms with Crippen molar-refractivity contribution in [2.45, 2.75) is 218 Å². The zero-order valence-electron chi connectivity index (χ0n) is 28.9. The van der Waals surface area contributed by atoms with Crippen molar-refractivity contribution in [2.75, 3.05) is 0 Å². The zero-order chi connectivity index (χ0) is 32.6. The third-order valence-electron chi connectivity index (χ3n) is 9.17. The van der Waals surface area contributed by atoms with E-state index in [0.717, 1.165) is 44.9 Å². The Morgan fingerprint density at radius 1 is 0.705 bits per heavy atom. The topological polar surface area (TPSA) is 116 Å². The Morgan fingerprint density at radius 3 is 1.73 bits per heavy atom. The average Bonchev–Trinajstić information content (AvgIpc) is 3.62. The third-order valence-corrected chi connectivity index (χ3v) is 9.17. The van der Waals surface area contributed by atoms with Gasteiger partial charge >= 0.3 is 5.97 Å². The quantitative estimate of drug-likeness (QED) is 0.0598. The van der Waals surface area contributed by atoms with Crippen LogP contribution in [0, 0.1) is 0 Å². The SMILES string of the molecule is CCCCCCCC(O)C(O)CC[C@H](O)[C@@H]1CC[C@@H](CC)O1.CCCCCCCCCCCC[C@@H](O)CC1=C[C@H](C)OC1=O. The van der Waals surface area contributed by atoms with Gasteiger partial charge in [-0.3, -0.25) is 0 Å². The van der Waals surface area contributed by atoms with Crippen LogP contribution in [0.15, 0.2) is 11.6 Å². The molecule has 0 aliphatic carbocycles. The van der Waals surface area contributed by atoms with E-state index in [1.165, 1.54) is 77.0 Å². The smallest absolute Gasteiger partial charge is 0.334 e. The van der Waals surface area contributed by atoms with Crippen LogP contribution in [0.3, 0.4) is 0 Å². The van der Waals surface area contributed by atoms with E-state index in [1.54, 1.807) is 0 Å². The predicted molar refractivity (Wildman–Crippen MR) is 180 cm³/mol. The molecule has 0 bridgehead atoms. The fourth-order valence-corrected chi connectivity index (χ4v) is 6.19. The fourth-order valence-electron chi connectivity index (χ4n) is 6.19. The largest absolute Gasteiger partial charge is 0.455 e. The molecule has 0 spiro atoms. The summed E-state index contributed by atoms with van der Waals surface area (Å²) in [4.78, 5) is 11.5. The number of aliphatic hydroxyl groups is 4. The first kappa shape index (κ1) is 41.0. The molecule has 7 heteroatoms. The summed E-state index contributed by atoms with van der Waals surface area (Å²) in [6, 6.07) is 0. The van der Waals surface area contributed by atoms with Gasteiger partial charge in [0, 0.05) is 12.0 Å². The molecule has 1 fully saturated rings. The summed E-state index contributed by atoms with van der Waals surface area (Å²) in [7, 11) is 0. The van der Waals surface area contributed by atoms with Crippen molar-refractivity contribution in [1.82, 2.24) is 0 Å². The molecular weight excluding hydrogens is 556 g/mol. The van der Waals surface area contributed by atoms with Crippen molar-refractivity contribution in [3.05, 3.63) is 11.6 Å². The number of carbonyl (C=O) groups is 1. The molecule has 0 saturated carbocycles. The van der Waals surface area contributed by atoms with Gasteiger partial charge in [-0.2, -0.15) is 0 Å². The van der Waals surface area contributed by atoms with Gasteiger partial charge in [0.25, 0.3) is 0 Å². The number of aliphatic hydroxyl groups excluding tert-OH is 4. The van der Waals surface area contributed by atoms with Crippen LogP contribution in [-0.4, -0.2) is 69.1 Å². The molecule has 2 heterocycles. The standard InChI is InChI=1S/C19H34O3.C18H36O4/c1-3-4-5-6-7-8-9-10-11-12-13-18(20)15-17-14-16(2)22-19(17)21;1-3-5-6-7-8-9-15(19)16(20)11-12-17(21)18-13-10-14(4-2)22-18/h14,16,18,20H,3-13,15H2,1-2H3;14-21H,3-13H2,1-2H3/t16-,18+;14-,15?,16?,17+,18+/m01/s1. The second-order valence-corrected chi connectivity index (χ2v) is 13.4. The third kappa shape index (κ3) is 19.5. The Bertz CT molecular complexity index is 727. The summed E-state index contributed by atoms with van der Waals surface area (Å²) < 4.78 is 10.8. The minimum Gasteiger partial charge on any atom is -0.455 e. The van der Waals surface area contributed by atoms with E-state index in [-0.39, 0.29) is 24.3 Å². The lowest BCUT2D eigenvalue weighted by atomic mass is 9.98. The Hall–Kier alpha value is -0.990. The number of hydrogen-bond acceptors (Lipinski definition) is 7. The highest BCUT2D eigenvalue weighted by Crippen LogP contribution is 2.26. The molecule has 7 nitrogen and oxygen atoms in total. The van der Waals surface area contributed by atoms with Crippen LogP contribution in [-0.2, 0) is 14.3 Å². The van der Waals surface area contributed by atoms with Crippen molar-refractivity contribution in [3.8, 4) is 0 Å². The van der Waals surface area contributed by atoms with Gasteiger partial charge in [-0.15, -0.1) is 0 Å². The van der Waals surface area contributed by atoms with Crippen molar-refractivity contribution < 1.29 is 34.7 Å². The van der Waals surface area contributed by atoms with E-state index in [2.05, 4.69) is 20.8 Å². The van der Waals surface area contributed by atoms with Crippen LogP contribution >= 0.6 is 0 Å². The van der Waals surface area contributed by atoms with Crippen molar-refractivity contribution in [1.29, 1.82) is 0 Å². The molecule has 2 aliphatic heterocycles. The average molecular weight is 627 g/mol. The second kappa shape index (κ2) is 26.1. The van der Waals surface area contributed by atoms with Gasteiger partial charge in [0.15, 0.2) is 0 Å². The highest BCUT2D eigenvalue weighted by Gasteiger charge is 2.30. The van der Waals surface area contributed by atoms with Gasteiger partial charge in [0.2, 0.25) is 0 Å². The first-order valence-corrected chi connectivity index (χ1v) is 18.5. The number of esters is 1. The maximum atomic E-state index is 11.5. The maximum Gasteiger partial charge on any atom is 0.334 e. The monoisotopic (exact) mass is 627 g/mol. The molecule has 2 rings (SSSR count). The van der Waals surface area contributed by atoms with E-state index >= 15 is 0 Å². The summed E-state index contributed by atoms with van der Waals surface area (Å²) in [6.45, 7) is 8.38. The lowest BCUT2D eigenvalue weighted by molar-refractivity contribution is -0.139. The number of hydrogen-bond donors (Lipinski definition) is 4. The van der Waals surface area contributed by atoms with Crippen molar-refractivity contribution >= 4 is 5.97 Å². The first-order chi connectivity index (χ1) is 21.2. The molecule has 0 radical (unpaired) electrons. The van der Waals surface area contributed by atoms with Gasteiger partial charge in [-0.1, -0.05) is 117 Å². The lowest BCUT2D eigenvalue weighted by Crippen LogP contribution is -2.31. The summed E-state index contributed by atoms with van der Waals surface area (Å²) in [5.41, 5.74) is 0.645. The summed E-state index contributed by atoms with van der Waals surface area (Å²) in [6.07, 6.45) is 24.0. The van der Waals surface area contributed by atoms with Crippen LogP contribution in [0.25, 0.3) is 0 Å². The molecule has 7 atom stereocenters. The highest BCUT2D eigenvalue weighted by atomic mass is 16.5. The second-order valence-electron chi connectivity index (χ2n) is 13.4. The molecule has 0 aromatic carbocycles. The van der Waals surface area contributed by atoms with E-state index in [4.69, 9.17) is 9.47 Å². The van der Waals surface area contributed by atoms with Crippen molar-refractivity contribution in [3.63, 3.8) is 0 Å². The number of unbranched alkanes of at least 4 members (excludes halogenated alkanes) is 13. The molecule has 1 saturated heterocycles.